The predicted molar refractivity (Wildman–Crippen MR) is 101 cm³/mol. The van der Waals surface area contributed by atoms with Crippen LogP contribution in [0.2, 0.25) is 0 Å². The van der Waals surface area contributed by atoms with Crippen LogP contribution in [-0.2, 0) is 9.59 Å². The number of carbonyl (C=O) groups excluding carboxylic acids is 2. The Morgan fingerprint density at radius 1 is 1.32 bits per heavy atom. The lowest BCUT2D eigenvalue weighted by Crippen LogP contribution is -2.57. The molecule has 1 atom stereocenters. The minimum atomic E-state index is -1.52. The fourth-order valence-corrected chi connectivity index (χ4v) is 2.92. The van der Waals surface area contributed by atoms with Crippen molar-refractivity contribution in [3.63, 3.8) is 0 Å². The molecule has 0 spiro atoms. The van der Waals surface area contributed by atoms with Crippen LogP contribution in [0.3, 0.4) is 0 Å². The smallest absolute Gasteiger partial charge is 0.334 e. The molecule has 0 radical (unpaired) electrons. The summed E-state index contributed by atoms with van der Waals surface area (Å²) >= 11 is 3.31. The molecule has 2 rings (SSSR count). The van der Waals surface area contributed by atoms with Gasteiger partial charge in [0.2, 0.25) is 0 Å². The van der Waals surface area contributed by atoms with E-state index in [1.807, 2.05) is 27.7 Å². The normalized spacial score (nSPS) is 20.4. The molecule has 7 heteroatoms. The van der Waals surface area contributed by atoms with Crippen LogP contribution in [0.25, 0.3) is 0 Å². The second kappa shape index (κ2) is 7.25. The van der Waals surface area contributed by atoms with Crippen molar-refractivity contribution in [3.8, 4) is 0 Å². The summed E-state index contributed by atoms with van der Waals surface area (Å²) < 4.78 is 0.868. The number of nitrogens with zero attached hydrogens (tertiary/aromatic N) is 2. The van der Waals surface area contributed by atoms with E-state index in [2.05, 4.69) is 26.3 Å². The quantitative estimate of drug-likeness (QED) is 0.749. The number of amides is 2. The Bertz CT molecular complexity index is 695. The highest BCUT2D eigenvalue weighted by Crippen LogP contribution is 2.41. The summed E-state index contributed by atoms with van der Waals surface area (Å²) in [7, 11) is 0. The van der Waals surface area contributed by atoms with E-state index in [0.29, 0.717) is 12.1 Å². The van der Waals surface area contributed by atoms with E-state index in [0.717, 1.165) is 21.6 Å². The number of hydrazone groups is 1. The second-order valence-corrected chi connectivity index (χ2v) is 8.15. The molecule has 2 amide bonds. The van der Waals surface area contributed by atoms with Crippen molar-refractivity contribution in [2.75, 3.05) is 5.32 Å². The number of aliphatic hydroxyl groups is 1. The maximum absolute atomic E-state index is 12.7. The molecule has 1 unspecified atom stereocenters. The molecule has 0 fully saturated rings. The highest BCUT2D eigenvalue weighted by atomic mass is 79.9. The second-order valence-electron chi connectivity index (χ2n) is 7.24. The van der Waals surface area contributed by atoms with Crippen LogP contribution in [0, 0.1) is 5.41 Å². The Kier molecular flexibility index (Phi) is 5.68. The summed E-state index contributed by atoms with van der Waals surface area (Å²) in [5.41, 5.74) is -0.951. The molecule has 0 aliphatic carbocycles. The van der Waals surface area contributed by atoms with Crippen LogP contribution in [0.15, 0.2) is 33.8 Å². The molecule has 2 N–H and O–H groups in total. The fourth-order valence-electron chi connectivity index (χ4n) is 2.66. The van der Waals surface area contributed by atoms with Crippen molar-refractivity contribution >= 4 is 39.1 Å². The van der Waals surface area contributed by atoms with Crippen LogP contribution < -0.4 is 5.32 Å². The number of anilines is 1. The maximum atomic E-state index is 12.7. The first-order chi connectivity index (χ1) is 11.6. The number of carbonyl (C=O) groups is 2. The minimum Gasteiger partial charge on any atom is -0.368 e. The summed E-state index contributed by atoms with van der Waals surface area (Å²) in [6.45, 7) is 7.47. The van der Waals surface area contributed by atoms with E-state index >= 15 is 0 Å². The van der Waals surface area contributed by atoms with Crippen LogP contribution in [0.5, 0.6) is 0 Å². The molecule has 1 aliphatic heterocycles. The van der Waals surface area contributed by atoms with Crippen molar-refractivity contribution in [1.29, 1.82) is 0 Å². The average molecular weight is 410 g/mol. The third kappa shape index (κ3) is 4.10. The Morgan fingerprint density at radius 2 is 1.92 bits per heavy atom. The summed E-state index contributed by atoms with van der Waals surface area (Å²) in [6, 6.07) is 6.89. The van der Waals surface area contributed by atoms with Gasteiger partial charge in [-0.2, -0.15) is 10.1 Å². The van der Waals surface area contributed by atoms with Gasteiger partial charge in [0.05, 0.1) is 0 Å². The Labute approximate surface area is 156 Å². The average Bonchev–Trinajstić information content (AvgIpc) is 2.87. The first kappa shape index (κ1) is 19.6. The lowest BCUT2D eigenvalue weighted by Gasteiger charge is -2.41. The molecule has 1 aliphatic rings. The first-order valence-electron chi connectivity index (χ1n) is 8.28. The number of rotatable bonds is 3. The van der Waals surface area contributed by atoms with Crippen LogP contribution >= 0.6 is 15.9 Å². The number of halogens is 1. The Balaban J connectivity index is 2.24. The van der Waals surface area contributed by atoms with E-state index in [1.165, 1.54) is 0 Å². The van der Waals surface area contributed by atoms with E-state index < -0.39 is 23.0 Å². The zero-order valence-corrected chi connectivity index (χ0v) is 16.6. The fraction of sp³-hybridized carbons (Fsp3) is 0.500. The molecule has 1 heterocycles. The van der Waals surface area contributed by atoms with Crippen LogP contribution in [0.1, 0.15) is 47.0 Å². The highest BCUT2D eigenvalue weighted by molar-refractivity contribution is 9.10. The zero-order valence-electron chi connectivity index (χ0n) is 15.0. The van der Waals surface area contributed by atoms with E-state index in [9.17, 15) is 14.7 Å². The third-order valence-corrected chi connectivity index (χ3v) is 4.80. The van der Waals surface area contributed by atoms with Gasteiger partial charge in [-0.3, -0.25) is 9.59 Å². The molecule has 1 aromatic rings. The standard InChI is InChI=1S/C18H24BrN3O3/c1-5-6-14-11-18(25,17(2,3)4)22(21-14)16(24)15(23)20-13-9-7-12(19)8-10-13/h7-10,25H,5-6,11H2,1-4H3,(H,20,23). The van der Waals surface area contributed by atoms with Crippen molar-refractivity contribution < 1.29 is 14.7 Å². The third-order valence-electron chi connectivity index (χ3n) is 4.27. The van der Waals surface area contributed by atoms with E-state index in [4.69, 9.17) is 0 Å². The lowest BCUT2D eigenvalue weighted by atomic mass is 9.79. The van der Waals surface area contributed by atoms with Crippen molar-refractivity contribution in [3.05, 3.63) is 28.7 Å². The van der Waals surface area contributed by atoms with Crippen LogP contribution in [0.4, 0.5) is 5.69 Å². The molecule has 25 heavy (non-hydrogen) atoms. The monoisotopic (exact) mass is 409 g/mol. The van der Waals surface area contributed by atoms with Gasteiger partial charge in [0.15, 0.2) is 5.72 Å². The van der Waals surface area contributed by atoms with E-state index in [1.54, 1.807) is 24.3 Å². The molecule has 0 aromatic heterocycles. The molecular weight excluding hydrogens is 386 g/mol. The number of benzene rings is 1. The summed E-state index contributed by atoms with van der Waals surface area (Å²) in [4.78, 5) is 25.0. The summed E-state index contributed by atoms with van der Waals surface area (Å²) in [5.74, 6) is -1.70. The van der Waals surface area contributed by atoms with Crippen molar-refractivity contribution in [1.82, 2.24) is 5.01 Å². The zero-order chi connectivity index (χ0) is 18.8. The number of hydrogen-bond acceptors (Lipinski definition) is 4. The van der Waals surface area contributed by atoms with Gasteiger partial charge in [-0.25, -0.2) is 0 Å². The van der Waals surface area contributed by atoms with Gasteiger partial charge in [-0.15, -0.1) is 0 Å². The van der Waals surface area contributed by atoms with Gasteiger partial charge < -0.3 is 10.4 Å². The Morgan fingerprint density at radius 3 is 2.44 bits per heavy atom. The molecule has 1 aromatic carbocycles. The van der Waals surface area contributed by atoms with Crippen molar-refractivity contribution in [2.24, 2.45) is 10.5 Å². The van der Waals surface area contributed by atoms with Gasteiger partial charge in [-0.1, -0.05) is 50.0 Å². The summed E-state index contributed by atoms with van der Waals surface area (Å²) in [5, 5.41) is 18.9. The number of hydrogen-bond donors (Lipinski definition) is 2. The largest absolute Gasteiger partial charge is 0.368 e. The van der Waals surface area contributed by atoms with Gasteiger partial charge in [0, 0.05) is 27.7 Å². The topological polar surface area (TPSA) is 82.0 Å². The molecule has 0 bridgehead atoms. The first-order valence-corrected chi connectivity index (χ1v) is 9.07. The molecule has 6 nitrogen and oxygen atoms in total. The minimum absolute atomic E-state index is 0.252. The van der Waals surface area contributed by atoms with Gasteiger partial charge >= 0.3 is 11.8 Å². The molecular formula is C18H24BrN3O3. The van der Waals surface area contributed by atoms with E-state index in [-0.39, 0.29) is 6.42 Å². The maximum Gasteiger partial charge on any atom is 0.334 e. The summed E-state index contributed by atoms with van der Waals surface area (Å²) in [6.07, 6.45) is 1.78. The van der Waals surface area contributed by atoms with Gasteiger partial charge in [0.25, 0.3) is 0 Å². The Hall–Kier alpha value is -1.73. The van der Waals surface area contributed by atoms with Gasteiger partial charge in [-0.05, 0) is 30.7 Å². The van der Waals surface area contributed by atoms with Crippen LogP contribution in [-0.4, -0.2) is 33.4 Å². The SMILES string of the molecule is CCCC1=NN(C(=O)C(=O)Nc2ccc(Br)cc2)C(O)(C(C)(C)C)C1. The van der Waals surface area contributed by atoms with Gasteiger partial charge in [0.1, 0.15) is 0 Å². The predicted octanol–water partition coefficient (Wildman–Crippen LogP) is 3.51. The molecule has 0 saturated heterocycles. The highest BCUT2D eigenvalue weighted by Gasteiger charge is 2.53. The molecule has 136 valence electrons. The number of nitrogens with one attached hydrogen (secondary N) is 1. The molecule has 0 saturated carbocycles. The lowest BCUT2D eigenvalue weighted by molar-refractivity contribution is -0.183. The van der Waals surface area contributed by atoms with Crippen molar-refractivity contribution in [2.45, 2.75) is 52.7 Å².